The molecule has 0 fully saturated rings. The Kier molecular flexibility index (Phi) is 4.74. The molecule has 0 saturated heterocycles. The fraction of sp³-hybridized carbons (Fsp3) is 0.500. The molecule has 1 aromatic rings. The molecule has 0 amide bonds. The second-order valence-corrected chi connectivity index (χ2v) is 6.99. The van der Waals surface area contributed by atoms with Crippen LogP contribution in [0.25, 0.3) is 0 Å². The van der Waals surface area contributed by atoms with Crippen molar-refractivity contribution in [2.45, 2.75) is 44.1 Å². The molecule has 0 bridgehead atoms. The van der Waals surface area contributed by atoms with E-state index < -0.39 is 20.6 Å². The molecule has 0 atom stereocenters. The highest BCUT2D eigenvalue weighted by molar-refractivity contribution is 7.92. The summed E-state index contributed by atoms with van der Waals surface area (Å²) in [6, 6.07) is 7.14. The zero-order valence-electron chi connectivity index (χ0n) is 11.5. The van der Waals surface area contributed by atoms with Crippen LogP contribution in [0.3, 0.4) is 0 Å². The summed E-state index contributed by atoms with van der Waals surface area (Å²) in [4.78, 5) is 11.4. The predicted octanol–water partition coefficient (Wildman–Crippen LogP) is 2.55. The van der Waals surface area contributed by atoms with Crippen molar-refractivity contribution in [3.05, 3.63) is 35.4 Å². The topological polar surface area (TPSA) is 71.4 Å². The molecule has 0 heterocycles. The van der Waals surface area contributed by atoms with E-state index in [-0.39, 0.29) is 18.6 Å². The standard InChI is InChI=1S/C14H20O4S/c1-4-14(5-2,13(15)16)19(17,18)10-12-9-7-6-8-11(12)3/h6-9H,4-5,10H2,1-3H3,(H,15,16). The minimum Gasteiger partial charge on any atom is -0.480 e. The van der Waals surface area contributed by atoms with Gasteiger partial charge in [-0.25, -0.2) is 8.42 Å². The predicted molar refractivity (Wildman–Crippen MR) is 74.8 cm³/mol. The molecule has 19 heavy (non-hydrogen) atoms. The van der Waals surface area contributed by atoms with Gasteiger partial charge in [0.05, 0.1) is 5.75 Å². The molecule has 4 nitrogen and oxygen atoms in total. The number of carbonyl (C=O) groups is 1. The van der Waals surface area contributed by atoms with E-state index in [1.807, 2.05) is 19.1 Å². The van der Waals surface area contributed by atoms with Crippen LogP contribution in [-0.2, 0) is 20.4 Å². The van der Waals surface area contributed by atoms with Gasteiger partial charge in [-0.15, -0.1) is 0 Å². The van der Waals surface area contributed by atoms with Gasteiger partial charge in [-0.1, -0.05) is 38.1 Å². The molecular formula is C14H20O4S. The van der Waals surface area contributed by atoms with Gasteiger partial charge in [-0.2, -0.15) is 0 Å². The maximum Gasteiger partial charge on any atom is 0.325 e. The van der Waals surface area contributed by atoms with E-state index >= 15 is 0 Å². The van der Waals surface area contributed by atoms with Crippen molar-refractivity contribution in [1.29, 1.82) is 0 Å². The molecule has 0 unspecified atom stereocenters. The van der Waals surface area contributed by atoms with Gasteiger partial charge in [-0.05, 0) is 30.9 Å². The molecule has 0 saturated carbocycles. The van der Waals surface area contributed by atoms with Crippen molar-refractivity contribution in [2.24, 2.45) is 0 Å². The third-order valence-electron chi connectivity index (χ3n) is 3.73. The van der Waals surface area contributed by atoms with E-state index in [1.165, 1.54) is 0 Å². The summed E-state index contributed by atoms with van der Waals surface area (Å²) in [5.41, 5.74) is 1.52. The smallest absolute Gasteiger partial charge is 0.325 e. The SMILES string of the molecule is CCC(CC)(C(=O)O)S(=O)(=O)Cc1ccccc1C. The fourth-order valence-electron chi connectivity index (χ4n) is 2.24. The Hall–Kier alpha value is -1.36. The maximum absolute atomic E-state index is 12.5. The highest BCUT2D eigenvalue weighted by Crippen LogP contribution is 2.30. The van der Waals surface area contributed by atoms with Gasteiger partial charge in [0.1, 0.15) is 0 Å². The lowest BCUT2D eigenvalue weighted by atomic mass is 10.0. The van der Waals surface area contributed by atoms with Crippen LogP contribution in [0.1, 0.15) is 37.8 Å². The van der Waals surface area contributed by atoms with Crippen LogP contribution < -0.4 is 0 Å². The van der Waals surface area contributed by atoms with Crippen LogP contribution in [0, 0.1) is 6.92 Å². The molecule has 0 aliphatic carbocycles. The molecule has 1 N–H and O–H groups in total. The van der Waals surface area contributed by atoms with E-state index in [9.17, 15) is 18.3 Å². The summed E-state index contributed by atoms with van der Waals surface area (Å²) in [6.07, 6.45) is 0.153. The fourth-order valence-corrected chi connectivity index (χ4v) is 4.40. The lowest BCUT2D eigenvalue weighted by molar-refractivity contribution is -0.140. The van der Waals surface area contributed by atoms with Crippen LogP contribution in [0.4, 0.5) is 0 Å². The van der Waals surface area contributed by atoms with Gasteiger partial charge < -0.3 is 5.11 Å². The third-order valence-corrected chi connectivity index (χ3v) is 6.37. The molecule has 0 aliphatic heterocycles. The number of carboxylic acid groups (broad SMARTS) is 1. The minimum absolute atomic E-state index is 0.0764. The van der Waals surface area contributed by atoms with Gasteiger partial charge in [0, 0.05) is 0 Å². The zero-order valence-corrected chi connectivity index (χ0v) is 12.3. The number of rotatable bonds is 6. The van der Waals surface area contributed by atoms with Crippen molar-refractivity contribution in [3.8, 4) is 0 Å². The monoisotopic (exact) mass is 284 g/mol. The Morgan fingerprint density at radius 2 is 1.74 bits per heavy atom. The van der Waals surface area contributed by atoms with Crippen LogP contribution in [0.2, 0.25) is 0 Å². The van der Waals surface area contributed by atoms with Crippen molar-refractivity contribution in [2.75, 3.05) is 0 Å². The molecule has 0 aromatic heterocycles. The van der Waals surface area contributed by atoms with Crippen molar-refractivity contribution < 1.29 is 18.3 Å². The summed E-state index contributed by atoms with van der Waals surface area (Å²) >= 11 is 0. The second kappa shape index (κ2) is 5.74. The highest BCUT2D eigenvalue weighted by Gasteiger charge is 2.47. The summed E-state index contributed by atoms with van der Waals surface area (Å²) in [5.74, 6) is -1.49. The van der Waals surface area contributed by atoms with E-state index in [4.69, 9.17) is 0 Å². The second-order valence-electron chi connectivity index (χ2n) is 4.69. The number of hydrogen-bond acceptors (Lipinski definition) is 3. The summed E-state index contributed by atoms with van der Waals surface area (Å²) in [6.45, 7) is 5.03. The molecule has 1 rings (SSSR count). The van der Waals surface area contributed by atoms with Crippen molar-refractivity contribution >= 4 is 15.8 Å². The zero-order chi connectivity index (χ0) is 14.7. The number of carboxylic acids is 1. The third kappa shape index (κ3) is 2.81. The van der Waals surface area contributed by atoms with E-state index in [0.717, 1.165) is 5.56 Å². The Bertz CT molecular complexity index is 557. The van der Waals surface area contributed by atoms with Gasteiger partial charge >= 0.3 is 5.97 Å². The lowest BCUT2D eigenvalue weighted by Crippen LogP contribution is -2.46. The van der Waals surface area contributed by atoms with E-state index in [1.54, 1.807) is 26.0 Å². The van der Waals surface area contributed by atoms with Gasteiger partial charge in [-0.3, -0.25) is 4.79 Å². The quantitative estimate of drug-likeness (QED) is 0.871. The highest BCUT2D eigenvalue weighted by atomic mass is 32.2. The molecule has 0 radical (unpaired) electrons. The molecular weight excluding hydrogens is 264 g/mol. The van der Waals surface area contributed by atoms with Crippen LogP contribution in [-0.4, -0.2) is 24.2 Å². The number of hydrogen-bond donors (Lipinski definition) is 1. The van der Waals surface area contributed by atoms with Gasteiger partial charge in [0.25, 0.3) is 0 Å². The van der Waals surface area contributed by atoms with Crippen LogP contribution in [0.5, 0.6) is 0 Å². The Morgan fingerprint density at radius 1 is 1.21 bits per heavy atom. The van der Waals surface area contributed by atoms with E-state index in [2.05, 4.69) is 0 Å². The maximum atomic E-state index is 12.5. The first kappa shape index (κ1) is 15.7. The average molecular weight is 284 g/mol. The number of benzene rings is 1. The Balaban J connectivity index is 3.24. The summed E-state index contributed by atoms with van der Waals surface area (Å²) in [5, 5.41) is 9.33. The lowest BCUT2D eigenvalue weighted by Gasteiger charge is -2.26. The largest absolute Gasteiger partial charge is 0.480 e. The number of sulfone groups is 1. The number of aryl methyl sites for hydroxylation is 1. The molecule has 5 heteroatoms. The van der Waals surface area contributed by atoms with Gasteiger partial charge in [0.2, 0.25) is 0 Å². The first-order chi connectivity index (χ1) is 8.80. The molecule has 0 aliphatic rings. The summed E-state index contributed by atoms with van der Waals surface area (Å²) in [7, 11) is -3.76. The van der Waals surface area contributed by atoms with Gasteiger partial charge in [0.15, 0.2) is 14.6 Å². The molecule has 0 spiro atoms. The van der Waals surface area contributed by atoms with Crippen LogP contribution >= 0.6 is 0 Å². The first-order valence-corrected chi connectivity index (χ1v) is 7.96. The Morgan fingerprint density at radius 3 is 2.16 bits per heavy atom. The average Bonchev–Trinajstić information content (AvgIpc) is 2.33. The minimum atomic E-state index is -3.76. The van der Waals surface area contributed by atoms with Crippen molar-refractivity contribution in [3.63, 3.8) is 0 Å². The Labute approximate surface area is 114 Å². The normalized spacial score (nSPS) is 12.4. The molecule has 1 aromatic carbocycles. The van der Waals surface area contributed by atoms with Crippen LogP contribution in [0.15, 0.2) is 24.3 Å². The molecule has 106 valence electrons. The van der Waals surface area contributed by atoms with Crippen molar-refractivity contribution in [1.82, 2.24) is 0 Å². The van der Waals surface area contributed by atoms with E-state index in [0.29, 0.717) is 5.56 Å². The number of aliphatic carboxylic acids is 1. The summed E-state index contributed by atoms with van der Waals surface area (Å²) < 4.78 is 23.3. The first-order valence-electron chi connectivity index (χ1n) is 6.31.